The van der Waals surface area contributed by atoms with E-state index in [1.807, 2.05) is 17.8 Å². The van der Waals surface area contributed by atoms with Crippen molar-refractivity contribution in [3.63, 3.8) is 0 Å². The molecule has 2 atom stereocenters. The first-order valence-electron chi connectivity index (χ1n) is 7.60. The van der Waals surface area contributed by atoms with Crippen LogP contribution >= 0.6 is 23.5 Å². The number of amides is 1. The van der Waals surface area contributed by atoms with E-state index in [1.165, 1.54) is 0 Å². The number of carboxylic acids is 1. The first-order chi connectivity index (χ1) is 11.1. The van der Waals surface area contributed by atoms with Crippen molar-refractivity contribution >= 4 is 35.4 Å². The van der Waals surface area contributed by atoms with Crippen LogP contribution in [0, 0.1) is 0 Å². The number of carbonyl (C=O) groups excluding carboxylic acids is 1. The van der Waals surface area contributed by atoms with E-state index < -0.39 is 12.0 Å². The van der Waals surface area contributed by atoms with Crippen LogP contribution in [0.5, 0.6) is 5.75 Å². The van der Waals surface area contributed by atoms with Crippen LogP contribution in [0.15, 0.2) is 18.2 Å². The van der Waals surface area contributed by atoms with Gasteiger partial charge in [-0.3, -0.25) is 4.79 Å². The summed E-state index contributed by atoms with van der Waals surface area (Å²) in [4.78, 5) is 23.8. The fourth-order valence-corrected chi connectivity index (χ4v) is 5.43. The number of hydrogen-bond acceptors (Lipinski definition) is 5. The third kappa shape index (κ3) is 4.14. The second-order valence-corrected chi connectivity index (χ2v) is 8.13. The Balaban J connectivity index is 1.66. The highest BCUT2D eigenvalue weighted by Crippen LogP contribution is 2.29. The molecule has 0 spiro atoms. The smallest absolute Gasteiger partial charge is 0.330 e. The molecular formula is C16H19NO4S2. The molecule has 124 valence electrons. The number of hydrogen-bond donors (Lipinski definition) is 2. The van der Waals surface area contributed by atoms with Gasteiger partial charge in [-0.15, -0.1) is 0 Å². The third-order valence-corrected chi connectivity index (χ3v) is 6.74. The Bertz CT molecular complexity index is 602. The fourth-order valence-electron chi connectivity index (χ4n) is 2.75. The molecule has 0 radical (unpaired) electrons. The molecule has 7 heteroatoms. The molecule has 1 saturated heterocycles. The van der Waals surface area contributed by atoms with Gasteiger partial charge in [-0.05, 0) is 23.3 Å². The third-order valence-electron chi connectivity index (χ3n) is 3.90. The minimum Gasteiger partial charge on any atom is -0.493 e. The number of carboxylic acid groups (broad SMARTS) is 1. The number of nitrogens with one attached hydrogen (secondary N) is 1. The highest BCUT2D eigenvalue weighted by atomic mass is 32.2. The van der Waals surface area contributed by atoms with Gasteiger partial charge in [0.15, 0.2) is 6.04 Å². The van der Waals surface area contributed by atoms with Gasteiger partial charge in [0.2, 0.25) is 5.91 Å². The molecule has 0 saturated carbocycles. The molecule has 2 aliphatic rings. The monoisotopic (exact) mass is 353 g/mol. The van der Waals surface area contributed by atoms with E-state index >= 15 is 0 Å². The Morgan fingerprint density at radius 3 is 3.00 bits per heavy atom. The summed E-state index contributed by atoms with van der Waals surface area (Å²) in [5.41, 5.74) is 1.60. The predicted molar refractivity (Wildman–Crippen MR) is 92.3 cm³/mol. The number of carbonyl (C=O) groups is 2. The van der Waals surface area contributed by atoms with Crippen molar-refractivity contribution in [3.8, 4) is 5.75 Å². The standard InChI is InChI=1S/C16H19NO4S2/c18-14(8-12-9-22-5-6-23-12)17-15(16(19)20)11-1-2-13-10(7-11)3-4-21-13/h1-2,7,12,15H,3-6,8-9H2,(H,17,18)(H,19,20). The minimum absolute atomic E-state index is 0.200. The van der Waals surface area contributed by atoms with Crippen molar-refractivity contribution in [3.05, 3.63) is 29.3 Å². The summed E-state index contributed by atoms with van der Waals surface area (Å²) in [6.45, 7) is 0.624. The lowest BCUT2D eigenvalue weighted by atomic mass is 10.0. The molecule has 1 amide bonds. The molecule has 0 aromatic heterocycles. The van der Waals surface area contributed by atoms with Crippen LogP contribution in [-0.4, -0.2) is 46.1 Å². The maximum absolute atomic E-state index is 12.2. The summed E-state index contributed by atoms with van der Waals surface area (Å²) in [5.74, 6) is 2.69. The molecule has 2 N–H and O–H groups in total. The number of rotatable bonds is 5. The van der Waals surface area contributed by atoms with Crippen LogP contribution in [0.1, 0.15) is 23.6 Å². The van der Waals surface area contributed by atoms with Crippen molar-refractivity contribution in [1.82, 2.24) is 5.32 Å². The van der Waals surface area contributed by atoms with Gasteiger partial charge in [0, 0.05) is 35.4 Å². The molecule has 0 aliphatic carbocycles. The molecule has 3 rings (SSSR count). The van der Waals surface area contributed by atoms with Crippen molar-refractivity contribution in [2.45, 2.75) is 24.1 Å². The van der Waals surface area contributed by atoms with Crippen LogP contribution in [0.2, 0.25) is 0 Å². The number of thioether (sulfide) groups is 2. The molecule has 5 nitrogen and oxygen atoms in total. The SMILES string of the molecule is O=C(CC1CSCCS1)NC(C(=O)O)c1ccc2c(c1)CCO2. The fraction of sp³-hybridized carbons (Fsp3) is 0.500. The van der Waals surface area contributed by atoms with E-state index in [2.05, 4.69) is 5.32 Å². The molecule has 0 bridgehead atoms. The highest BCUT2D eigenvalue weighted by molar-refractivity contribution is 8.06. The molecule has 1 aromatic carbocycles. The minimum atomic E-state index is -1.04. The highest BCUT2D eigenvalue weighted by Gasteiger charge is 2.26. The second-order valence-electron chi connectivity index (χ2n) is 5.58. The summed E-state index contributed by atoms with van der Waals surface area (Å²) >= 11 is 3.64. The number of fused-ring (bicyclic) bond motifs is 1. The van der Waals surface area contributed by atoms with Gasteiger partial charge in [-0.25, -0.2) is 4.79 Å². The van der Waals surface area contributed by atoms with Crippen LogP contribution in [0.3, 0.4) is 0 Å². The van der Waals surface area contributed by atoms with E-state index in [0.717, 1.165) is 35.0 Å². The van der Waals surface area contributed by atoms with Gasteiger partial charge in [-0.1, -0.05) is 6.07 Å². The summed E-state index contributed by atoms with van der Waals surface area (Å²) in [5, 5.41) is 12.4. The van der Waals surface area contributed by atoms with Gasteiger partial charge < -0.3 is 15.2 Å². The van der Waals surface area contributed by atoms with Crippen LogP contribution < -0.4 is 10.1 Å². The maximum Gasteiger partial charge on any atom is 0.330 e. The van der Waals surface area contributed by atoms with Crippen molar-refractivity contribution in [1.29, 1.82) is 0 Å². The van der Waals surface area contributed by atoms with Crippen molar-refractivity contribution in [2.75, 3.05) is 23.9 Å². The molecule has 1 fully saturated rings. The molecule has 2 aliphatic heterocycles. The van der Waals surface area contributed by atoms with Gasteiger partial charge in [0.05, 0.1) is 6.61 Å². The van der Waals surface area contributed by atoms with E-state index in [0.29, 0.717) is 18.6 Å². The quantitative estimate of drug-likeness (QED) is 0.844. The van der Waals surface area contributed by atoms with Crippen molar-refractivity contribution in [2.24, 2.45) is 0 Å². The molecule has 23 heavy (non-hydrogen) atoms. The topological polar surface area (TPSA) is 75.6 Å². The first kappa shape index (κ1) is 16.5. The Kier molecular flexibility index (Phi) is 5.38. The zero-order valence-electron chi connectivity index (χ0n) is 12.6. The molecule has 2 heterocycles. The predicted octanol–water partition coefficient (Wildman–Crippen LogP) is 2.10. The number of ether oxygens (including phenoxy) is 1. The van der Waals surface area contributed by atoms with Crippen molar-refractivity contribution < 1.29 is 19.4 Å². The Morgan fingerprint density at radius 2 is 2.26 bits per heavy atom. The van der Waals surface area contributed by atoms with E-state index in [9.17, 15) is 14.7 Å². The van der Waals surface area contributed by atoms with E-state index in [-0.39, 0.29) is 11.2 Å². The Morgan fingerprint density at radius 1 is 1.39 bits per heavy atom. The number of aliphatic carboxylic acids is 1. The lowest BCUT2D eigenvalue weighted by Crippen LogP contribution is -2.36. The van der Waals surface area contributed by atoms with Gasteiger partial charge >= 0.3 is 5.97 Å². The summed E-state index contributed by atoms with van der Waals surface area (Å²) in [6, 6.07) is 4.32. The van der Waals surface area contributed by atoms with Crippen LogP contribution in [0.25, 0.3) is 0 Å². The zero-order chi connectivity index (χ0) is 16.2. The van der Waals surface area contributed by atoms with Gasteiger partial charge in [-0.2, -0.15) is 23.5 Å². The summed E-state index contributed by atoms with van der Waals surface area (Å²) in [7, 11) is 0. The average Bonchev–Trinajstić information content (AvgIpc) is 3.01. The second kappa shape index (κ2) is 7.49. The first-order valence-corrected chi connectivity index (χ1v) is 9.81. The molecular weight excluding hydrogens is 334 g/mol. The van der Waals surface area contributed by atoms with E-state index in [4.69, 9.17) is 4.74 Å². The normalized spacial score (nSPS) is 21.1. The van der Waals surface area contributed by atoms with Crippen LogP contribution in [-0.2, 0) is 16.0 Å². The largest absolute Gasteiger partial charge is 0.493 e. The summed E-state index contributed by atoms with van der Waals surface area (Å²) < 4.78 is 5.44. The Hall–Kier alpha value is -1.34. The zero-order valence-corrected chi connectivity index (χ0v) is 14.3. The van der Waals surface area contributed by atoms with E-state index in [1.54, 1.807) is 23.9 Å². The lowest BCUT2D eigenvalue weighted by molar-refractivity contribution is -0.142. The number of benzene rings is 1. The van der Waals surface area contributed by atoms with Gasteiger partial charge in [0.25, 0.3) is 0 Å². The Labute approximate surface area is 143 Å². The average molecular weight is 353 g/mol. The van der Waals surface area contributed by atoms with Gasteiger partial charge in [0.1, 0.15) is 5.75 Å². The molecule has 1 aromatic rings. The molecule has 2 unspecified atom stereocenters. The van der Waals surface area contributed by atoms with Crippen LogP contribution in [0.4, 0.5) is 0 Å². The summed E-state index contributed by atoms with van der Waals surface area (Å²) in [6.07, 6.45) is 1.15. The lowest BCUT2D eigenvalue weighted by Gasteiger charge is -2.22. The maximum atomic E-state index is 12.2.